The molecule has 2 fully saturated rings. The summed E-state index contributed by atoms with van der Waals surface area (Å²) in [6.07, 6.45) is 1.71. The van der Waals surface area contributed by atoms with E-state index in [1.165, 1.54) is 14.2 Å². The second-order valence-electron chi connectivity index (χ2n) is 7.71. The first-order chi connectivity index (χ1) is 13.8. The van der Waals surface area contributed by atoms with Crippen molar-refractivity contribution in [1.82, 2.24) is 10.3 Å². The van der Waals surface area contributed by atoms with Gasteiger partial charge in [0, 0.05) is 31.2 Å². The van der Waals surface area contributed by atoms with Crippen LogP contribution in [0.3, 0.4) is 0 Å². The van der Waals surface area contributed by atoms with Crippen LogP contribution in [0.25, 0.3) is 10.9 Å². The van der Waals surface area contributed by atoms with Crippen molar-refractivity contribution in [3.63, 3.8) is 0 Å². The fourth-order valence-corrected chi connectivity index (χ4v) is 3.84. The Hall–Kier alpha value is -2.48. The third-order valence-corrected chi connectivity index (χ3v) is 5.44. The van der Waals surface area contributed by atoms with Gasteiger partial charge >= 0.3 is 5.97 Å². The lowest BCUT2D eigenvalue weighted by atomic mass is 9.99. The van der Waals surface area contributed by atoms with Crippen molar-refractivity contribution < 1.29 is 27.8 Å². The average molecular weight is 406 g/mol. The van der Waals surface area contributed by atoms with Gasteiger partial charge < -0.3 is 19.5 Å². The number of carbonyl (C=O) groups excluding carboxylic acids is 1. The molecule has 1 N–H and O–H groups in total. The van der Waals surface area contributed by atoms with E-state index in [2.05, 4.69) is 10.3 Å². The fourth-order valence-electron chi connectivity index (χ4n) is 3.84. The fraction of sp³-hybridized carbons (Fsp3) is 0.524. The highest BCUT2D eigenvalue weighted by molar-refractivity contribution is 5.87. The van der Waals surface area contributed by atoms with Crippen LogP contribution in [0.5, 0.6) is 11.5 Å². The molecule has 0 amide bonds. The smallest absolute Gasteiger partial charge is 0.323 e. The molecule has 1 saturated heterocycles. The number of pyridine rings is 1. The van der Waals surface area contributed by atoms with E-state index in [4.69, 9.17) is 14.2 Å². The minimum atomic E-state index is -3.14. The minimum Gasteiger partial charge on any atom is -0.497 e. The lowest BCUT2D eigenvalue weighted by Crippen LogP contribution is -2.31. The molecule has 1 saturated carbocycles. The molecule has 2 heterocycles. The Kier molecular flexibility index (Phi) is 5.06. The summed E-state index contributed by atoms with van der Waals surface area (Å²) in [5, 5.41) is 3.34. The number of nitrogens with zero attached hydrogens (tertiary/aromatic N) is 1. The molecule has 8 heteroatoms. The summed E-state index contributed by atoms with van der Waals surface area (Å²) in [6.45, 7) is 1.24. The van der Waals surface area contributed by atoms with E-state index in [1.807, 2.05) is 0 Å². The average Bonchev–Trinajstić information content (AvgIpc) is 3.43. The normalized spacial score (nSPS) is 22.0. The lowest BCUT2D eigenvalue weighted by molar-refractivity contribution is -0.142. The van der Waals surface area contributed by atoms with Crippen LogP contribution in [0, 0.1) is 0 Å². The Balaban J connectivity index is 1.80. The van der Waals surface area contributed by atoms with E-state index in [0.29, 0.717) is 35.3 Å². The number of halogens is 2. The van der Waals surface area contributed by atoms with Gasteiger partial charge in [0.05, 0.1) is 31.0 Å². The van der Waals surface area contributed by atoms with Crippen molar-refractivity contribution in [2.75, 3.05) is 20.8 Å². The van der Waals surface area contributed by atoms with Crippen LogP contribution < -0.4 is 14.8 Å². The second-order valence-corrected chi connectivity index (χ2v) is 7.71. The number of rotatable bonds is 6. The number of alkyl halides is 2. The highest BCUT2D eigenvalue weighted by atomic mass is 19.3. The molecule has 2 unspecified atom stereocenters. The lowest BCUT2D eigenvalue weighted by Gasteiger charge is -2.24. The number of esters is 1. The molecule has 0 bridgehead atoms. The molecule has 1 aromatic carbocycles. The van der Waals surface area contributed by atoms with E-state index in [0.717, 1.165) is 19.8 Å². The van der Waals surface area contributed by atoms with Gasteiger partial charge in [-0.1, -0.05) is 0 Å². The summed E-state index contributed by atoms with van der Waals surface area (Å²) < 4.78 is 45.8. The molecule has 0 spiro atoms. The predicted octanol–water partition coefficient (Wildman–Crippen LogP) is 3.51. The van der Waals surface area contributed by atoms with Crippen molar-refractivity contribution in [2.45, 2.75) is 50.2 Å². The number of aromatic nitrogens is 1. The van der Waals surface area contributed by atoms with Crippen LogP contribution in [0.4, 0.5) is 8.78 Å². The Labute approximate surface area is 167 Å². The maximum atomic E-state index is 14.8. The van der Waals surface area contributed by atoms with Crippen molar-refractivity contribution in [2.24, 2.45) is 0 Å². The Morgan fingerprint density at radius 3 is 2.66 bits per heavy atom. The van der Waals surface area contributed by atoms with E-state index < -0.39 is 18.1 Å². The number of hydrogen-bond donors (Lipinski definition) is 1. The van der Waals surface area contributed by atoms with E-state index in [9.17, 15) is 13.6 Å². The topological polar surface area (TPSA) is 69.7 Å². The maximum Gasteiger partial charge on any atom is 0.323 e. The summed E-state index contributed by atoms with van der Waals surface area (Å²) in [5.74, 6) is -2.80. The number of benzene rings is 1. The maximum absolute atomic E-state index is 14.8. The third kappa shape index (κ3) is 3.85. The SMILES string of the molecule is COC(=O)C1CC(Oc2c(C3CC3)nc3ccc(OC)cc3c2C(C)(F)F)CN1. The summed E-state index contributed by atoms with van der Waals surface area (Å²) in [4.78, 5) is 16.5. The molecular formula is C21H24F2N2O4. The number of nitrogens with one attached hydrogen (secondary N) is 1. The molecule has 4 rings (SSSR count). The first-order valence-corrected chi connectivity index (χ1v) is 9.69. The molecule has 1 aliphatic heterocycles. The number of ether oxygens (including phenoxy) is 3. The number of fused-ring (bicyclic) bond motifs is 1. The number of methoxy groups -OCH3 is 2. The van der Waals surface area contributed by atoms with Gasteiger partial charge in [0.2, 0.25) is 0 Å². The first-order valence-electron chi connectivity index (χ1n) is 9.69. The van der Waals surface area contributed by atoms with Crippen LogP contribution in [-0.4, -0.2) is 43.9 Å². The van der Waals surface area contributed by atoms with Gasteiger partial charge in [-0.15, -0.1) is 0 Å². The predicted molar refractivity (Wildman–Crippen MR) is 103 cm³/mol. The van der Waals surface area contributed by atoms with Crippen LogP contribution in [0.15, 0.2) is 18.2 Å². The van der Waals surface area contributed by atoms with Crippen LogP contribution in [0.2, 0.25) is 0 Å². The van der Waals surface area contributed by atoms with Crippen molar-refractivity contribution in [3.8, 4) is 11.5 Å². The zero-order valence-electron chi connectivity index (χ0n) is 16.6. The van der Waals surface area contributed by atoms with E-state index >= 15 is 0 Å². The molecule has 6 nitrogen and oxygen atoms in total. The highest BCUT2D eigenvalue weighted by Gasteiger charge is 2.40. The van der Waals surface area contributed by atoms with Gasteiger partial charge in [-0.05, 0) is 31.0 Å². The monoisotopic (exact) mass is 406 g/mol. The van der Waals surface area contributed by atoms with Gasteiger partial charge in [-0.2, -0.15) is 0 Å². The summed E-state index contributed by atoms with van der Waals surface area (Å²) in [7, 11) is 2.81. The minimum absolute atomic E-state index is 0.114. The highest BCUT2D eigenvalue weighted by Crippen LogP contribution is 2.50. The van der Waals surface area contributed by atoms with Gasteiger partial charge in [-0.25, -0.2) is 13.8 Å². The first kappa shape index (κ1) is 19.8. The summed E-state index contributed by atoms with van der Waals surface area (Å²) >= 11 is 0. The van der Waals surface area contributed by atoms with Crippen molar-refractivity contribution in [1.29, 1.82) is 0 Å². The van der Waals surface area contributed by atoms with Crippen LogP contribution in [0.1, 0.15) is 43.4 Å². The van der Waals surface area contributed by atoms with Gasteiger partial charge in [0.1, 0.15) is 17.9 Å². The molecule has 0 radical (unpaired) electrons. The molecule has 2 atom stereocenters. The molecule has 156 valence electrons. The van der Waals surface area contributed by atoms with E-state index in [-0.39, 0.29) is 23.2 Å². The van der Waals surface area contributed by atoms with Crippen LogP contribution >= 0.6 is 0 Å². The van der Waals surface area contributed by atoms with Gasteiger partial charge in [-0.3, -0.25) is 4.79 Å². The van der Waals surface area contributed by atoms with Gasteiger partial charge in [0.25, 0.3) is 5.92 Å². The molecule has 1 aromatic heterocycles. The third-order valence-electron chi connectivity index (χ3n) is 5.44. The number of hydrogen-bond acceptors (Lipinski definition) is 6. The molecule has 1 aliphatic carbocycles. The zero-order chi connectivity index (χ0) is 20.8. The van der Waals surface area contributed by atoms with Crippen molar-refractivity contribution >= 4 is 16.9 Å². The summed E-state index contributed by atoms with van der Waals surface area (Å²) in [5.41, 5.74) is 0.888. The Morgan fingerprint density at radius 2 is 2.03 bits per heavy atom. The molecular weight excluding hydrogens is 382 g/mol. The molecule has 29 heavy (non-hydrogen) atoms. The second kappa shape index (κ2) is 7.40. The van der Waals surface area contributed by atoms with Gasteiger partial charge in [0.15, 0.2) is 5.75 Å². The Morgan fingerprint density at radius 1 is 1.28 bits per heavy atom. The van der Waals surface area contributed by atoms with Crippen molar-refractivity contribution in [3.05, 3.63) is 29.5 Å². The largest absolute Gasteiger partial charge is 0.497 e. The Bertz CT molecular complexity index is 940. The van der Waals surface area contributed by atoms with Crippen LogP contribution in [-0.2, 0) is 15.5 Å². The summed E-state index contributed by atoms with van der Waals surface area (Å²) in [6, 6.07) is 4.48. The molecule has 2 aromatic rings. The van der Waals surface area contributed by atoms with E-state index in [1.54, 1.807) is 18.2 Å². The number of carbonyl (C=O) groups is 1. The standard InChI is InChI=1S/C21H24F2N2O4/c1-21(22,23)17-14-8-12(27-2)6-7-15(14)25-18(11-4-5-11)19(17)29-13-9-16(24-10-13)20(26)28-3/h6-8,11,13,16,24H,4-5,9-10H2,1-3H3. The quantitative estimate of drug-likeness (QED) is 0.741. The molecule has 2 aliphatic rings. The zero-order valence-corrected chi connectivity index (χ0v) is 16.6.